The quantitative estimate of drug-likeness (QED) is 0.459. The second kappa shape index (κ2) is 7.93. The molecule has 2 aromatic rings. The van der Waals surface area contributed by atoms with Crippen LogP contribution in [0.1, 0.15) is 11.1 Å². The lowest BCUT2D eigenvalue weighted by molar-refractivity contribution is 0.0382. The van der Waals surface area contributed by atoms with E-state index < -0.39 is 0 Å². The molecule has 124 valence electrons. The molecule has 2 atom stereocenters. The van der Waals surface area contributed by atoms with E-state index in [1.54, 1.807) is 6.07 Å². The molecule has 0 spiro atoms. The van der Waals surface area contributed by atoms with Gasteiger partial charge in [-0.1, -0.05) is 47.6 Å². The smallest absolute Gasteiger partial charge is 0.123 e. The zero-order chi connectivity index (χ0) is 16.8. The Labute approximate surface area is 140 Å². The summed E-state index contributed by atoms with van der Waals surface area (Å²) in [6.45, 7) is 2.44. The molecule has 24 heavy (non-hydrogen) atoms. The predicted octanol–water partition coefficient (Wildman–Crippen LogP) is 3.91. The fourth-order valence-electron chi connectivity index (χ4n) is 2.97. The van der Waals surface area contributed by atoms with Gasteiger partial charge < -0.3 is 4.74 Å². The van der Waals surface area contributed by atoms with Gasteiger partial charge in [-0.15, -0.1) is 0 Å². The molecule has 1 heterocycles. The van der Waals surface area contributed by atoms with E-state index >= 15 is 0 Å². The van der Waals surface area contributed by atoms with Gasteiger partial charge in [0.1, 0.15) is 5.82 Å². The summed E-state index contributed by atoms with van der Waals surface area (Å²) in [4.78, 5) is 5.15. The summed E-state index contributed by atoms with van der Waals surface area (Å²) in [6.07, 6.45) is -0.187. The highest BCUT2D eigenvalue weighted by Gasteiger charge is 2.32. The van der Waals surface area contributed by atoms with Crippen molar-refractivity contribution >= 4 is 0 Å². The van der Waals surface area contributed by atoms with Crippen molar-refractivity contribution in [3.05, 3.63) is 82.0 Å². The summed E-state index contributed by atoms with van der Waals surface area (Å²) in [5.41, 5.74) is 10.8. The standard InChI is InChI=1S/C18H19FN4O/c19-16-8-4-7-15(9-16)13-24-18-12-23(11-17(18)21-22-20)10-14-5-2-1-3-6-14/h1-9,17-18H,10-13H2/t17-,18-/m1/s1. The monoisotopic (exact) mass is 326 g/mol. The highest BCUT2D eigenvalue weighted by atomic mass is 19.1. The molecule has 2 aromatic carbocycles. The first-order chi connectivity index (χ1) is 11.7. The minimum atomic E-state index is -0.278. The third-order valence-corrected chi connectivity index (χ3v) is 4.11. The molecular formula is C18H19FN4O. The summed E-state index contributed by atoms with van der Waals surface area (Å²) in [5, 5.41) is 3.87. The maximum atomic E-state index is 13.2. The van der Waals surface area contributed by atoms with Gasteiger partial charge in [-0.05, 0) is 28.8 Å². The average molecular weight is 326 g/mol. The van der Waals surface area contributed by atoms with Gasteiger partial charge in [0.2, 0.25) is 0 Å². The Hall–Kier alpha value is -2.40. The molecule has 0 N–H and O–H groups in total. The lowest BCUT2D eigenvalue weighted by atomic mass is 10.2. The Morgan fingerprint density at radius 2 is 1.92 bits per heavy atom. The first kappa shape index (κ1) is 16.5. The zero-order valence-corrected chi connectivity index (χ0v) is 13.3. The van der Waals surface area contributed by atoms with Gasteiger partial charge in [0.05, 0.1) is 18.8 Å². The van der Waals surface area contributed by atoms with Crippen LogP contribution in [0.15, 0.2) is 59.7 Å². The summed E-state index contributed by atoms with van der Waals surface area (Å²) in [7, 11) is 0. The van der Waals surface area contributed by atoms with Gasteiger partial charge in [-0.2, -0.15) is 0 Å². The number of benzene rings is 2. The topological polar surface area (TPSA) is 61.2 Å². The largest absolute Gasteiger partial charge is 0.372 e. The maximum Gasteiger partial charge on any atom is 0.123 e. The number of ether oxygens (including phenoxy) is 1. The average Bonchev–Trinajstić information content (AvgIpc) is 2.96. The molecule has 3 rings (SSSR count). The molecule has 0 amide bonds. The second-order valence-electron chi connectivity index (χ2n) is 5.93. The van der Waals surface area contributed by atoms with Crippen LogP contribution in [-0.2, 0) is 17.9 Å². The Bertz CT molecular complexity index is 718. The van der Waals surface area contributed by atoms with Gasteiger partial charge in [-0.25, -0.2) is 4.39 Å². The first-order valence-electron chi connectivity index (χ1n) is 7.91. The number of nitrogens with zero attached hydrogens (tertiary/aromatic N) is 4. The number of likely N-dealkylation sites (tertiary alicyclic amines) is 1. The molecule has 1 aliphatic heterocycles. The molecule has 0 bridgehead atoms. The second-order valence-corrected chi connectivity index (χ2v) is 5.93. The first-order valence-corrected chi connectivity index (χ1v) is 7.91. The molecule has 1 aliphatic rings. The fraction of sp³-hybridized carbons (Fsp3) is 0.333. The van der Waals surface area contributed by atoms with Crippen LogP contribution in [-0.4, -0.2) is 30.1 Å². The Balaban J connectivity index is 1.61. The van der Waals surface area contributed by atoms with Crippen LogP contribution in [0.5, 0.6) is 0 Å². The number of azide groups is 1. The van der Waals surface area contributed by atoms with E-state index in [1.807, 2.05) is 24.3 Å². The maximum absolute atomic E-state index is 13.2. The Kier molecular flexibility index (Phi) is 5.43. The highest BCUT2D eigenvalue weighted by molar-refractivity contribution is 5.16. The van der Waals surface area contributed by atoms with E-state index in [4.69, 9.17) is 10.3 Å². The Morgan fingerprint density at radius 3 is 2.67 bits per heavy atom. The van der Waals surface area contributed by atoms with Crippen molar-refractivity contribution in [3.8, 4) is 0 Å². The van der Waals surface area contributed by atoms with Crippen LogP contribution in [0.3, 0.4) is 0 Å². The molecule has 0 unspecified atom stereocenters. The molecule has 0 aliphatic carbocycles. The third-order valence-electron chi connectivity index (χ3n) is 4.11. The van der Waals surface area contributed by atoms with Gasteiger partial charge >= 0.3 is 0 Å². The summed E-state index contributed by atoms with van der Waals surface area (Å²) >= 11 is 0. The van der Waals surface area contributed by atoms with Crippen molar-refractivity contribution in [2.24, 2.45) is 5.11 Å². The minimum absolute atomic E-state index is 0.187. The molecule has 1 saturated heterocycles. The van der Waals surface area contributed by atoms with Crippen molar-refractivity contribution in [1.82, 2.24) is 4.90 Å². The predicted molar refractivity (Wildman–Crippen MR) is 89.6 cm³/mol. The minimum Gasteiger partial charge on any atom is -0.372 e. The summed E-state index contributed by atoms with van der Waals surface area (Å²) in [5.74, 6) is -0.278. The molecule has 0 radical (unpaired) electrons. The molecule has 0 saturated carbocycles. The third kappa shape index (κ3) is 4.32. The Morgan fingerprint density at radius 1 is 1.12 bits per heavy atom. The van der Waals surface area contributed by atoms with E-state index in [1.165, 1.54) is 17.7 Å². The van der Waals surface area contributed by atoms with Crippen molar-refractivity contribution in [2.75, 3.05) is 13.1 Å². The van der Waals surface area contributed by atoms with Crippen LogP contribution in [0.25, 0.3) is 10.4 Å². The van der Waals surface area contributed by atoms with Crippen molar-refractivity contribution in [3.63, 3.8) is 0 Å². The fourth-order valence-corrected chi connectivity index (χ4v) is 2.97. The highest BCUT2D eigenvalue weighted by Crippen LogP contribution is 2.21. The van der Waals surface area contributed by atoms with Gasteiger partial charge in [0, 0.05) is 24.5 Å². The number of hydrogen-bond acceptors (Lipinski definition) is 3. The SMILES string of the molecule is [N-]=[N+]=N[C@@H]1CN(Cc2ccccc2)C[C@H]1OCc1cccc(F)c1. The molecule has 0 aromatic heterocycles. The molecule has 6 heteroatoms. The van der Waals surface area contributed by atoms with E-state index in [-0.39, 0.29) is 18.0 Å². The molecular weight excluding hydrogens is 307 g/mol. The number of hydrogen-bond donors (Lipinski definition) is 0. The normalized spacial score (nSPS) is 20.7. The van der Waals surface area contributed by atoms with E-state index in [0.29, 0.717) is 19.7 Å². The van der Waals surface area contributed by atoms with Gasteiger partial charge in [-0.3, -0.25) is 4.90 Å². The lowest BCUT2D eigenvalue weighted by Crippen LogP contribution is -2.25. The number of rotatable bonds is 6. The van der Waals surface area contributed by atoms with Crippen molar-refractivity contribution in [1.29, 1.82) is 0 Å². The van der Waals surface area contributed by atoms with Crippen LogP contribution >= 0.6 is 0 Å². The van der Waals surface area contributed by atoms with Crippen molar-refractivity contribution in [2.45, 2.75) is 25.3 Å². The van der Waals surface area contributed by atoms with E-state index in [0.717, 1.165) is 12.1 Å². The lowest BCUT2D eigenvalue weighted by Gasteiger charge is -2.16. The van der Waals surface area contributed by atoms with Crippen LogP contribution in [0.4, 0.5) is 4.39 Å². The summed E-state index contributed by atoms with van der Waals surface area (Å²) < 4.78 is 19.1. The number of halogens is 1. The van der Waals surface area contributed by atoms with Crippen LogP contribution in [0, 0.1) is 5.82 Å². The van der Waals surface area contributed by atoms with E-state index in [2.05, 4.69) is 27.1 Å². The molecule has 1 fully saturated rings. The summed E-state index contributed by atoms with van der Waals surface area (Å²) in [6, 6.07) is 16.3. The van der Waals surface area contributed by atoms with Crippen LogP contribution in [0.2, 0.25) is 0 Å². The zero-order valence-electron chi connectivity index (χ0n) is 13.3. The van der Waals surface area contributed by atoms with E-state index in [9.17, 15) is 4.39 Å². The van der Waals surface area contributed by atoms with Crippen molar-refractivity contribution < 1.29 is 9.13 Å². The van der Waals surface area contributed by atoms with Gasteiger partial charge in [0.15, 0.2) is 0 Å². The van der Waals surface area contributed by atoms with Crippen LogP contribution < -0.4 is 0 Å². The van der Waals surface area contributed by atoms with Gasteiger partial charge in [0.25, 0.3) is 0 Å². The molecule has 5 nitrogen and oxygen atoms in total.